The molecular weight excluding hydrogens is 308 g/mol. The first-order valence-electron chi connectivity index (χ1n) is 6.57. The quantitative estimate of drug-likeness (QED) is 0.813. The average molecular weight is 325 g/mol. The van der Waals surface area contributed by atoms with Gasteiger partial charge in [0.05, 0.1) is 23.1 Å². The van der Waals surface area contributed by atoms with Crippen molar-refractivity contribution in [3.05, 3.63) is 45.6 Å². The number of hydrogen-bond donors (Lipinski definition) is 2. The molecule has 0 aliphatic rings. The Morgan fingerprint density at radius 3 is 2.90 bits per heavy atom. The molecule has 0 radical (unpaired) electrons. The van der Waals surface area contributed by atoms with E-state index >= 15 is 0 Å². The molecule has 4 nitrogen and oxygen atoms in total. The number of rotatable bonds is 7. The van der Waals surface area contributed by atoms with Gasteiger partial charge in [-0.15, -0.1) is 11.3 Å². The number of benzene rings is 1. The van der Waals surface area contributed by atoms with Crippen LogP contribution in [-0.4, -0.2) is 12.5 Å². The van der Waals surface area contributed by atoms with Gasteiger partial charge in [-0.05, 0) is 36.1 Å². The smallest absolute Gasteiger partial charge is 0.220 e. The second-order valence-electron chi connectivity index (χ2n) is 4.61. The maximum Gasteiger partial charge on any atom is 0.220 e. The van der Waals surface area contributed by atoms with Crippen LogP contribution in [-0.2, 0) is 4.79 Å². The van der Waals surface area contributed by atoms with Crippen LogP contribution in [0.3, 0.4) is 0 Å². The van der Waals surface area contributed by atoms with Gasteiger partial charge in [-0.25, -0.2) is 0 Å². The highest BCUT2D eigenvalue weighted by molar-refractivity contribution is 7.14. The van der Waals surface area contributed by atoms with E-state index in [0.29, 0.717) is 5.75 Å². The molecule has 2 aromatic rings. The van der Waals surface area contributed by atoms with Crippen LogP contribution < -0.4 is 15.8 Å². The second-order valence-corrected chi connectivity index (χ2v) is 6.15. The van der Waals surface area contributed by atoms with Gasteiger partial charge in [-0.2, -0.15) is 0 Å². The minimum atomic E-state index is -0.373. The Morgan fingerprint density at radius 1 is 1.48 bits per heavy atom. The first kappa shape index (κ1) is 15.7. The van der Waals surface area contributed by atoms with Gasteiger partial charge < -0.3 is 15.8 Å². The minimum Gasteiger partial charge on any atom is -0.491 e. The third kappa shape index (κ3) is 4.65. The van der Waals surface area contributed by atoms with E-state index in [1.165, 1.54) is 11.3 Å². The Kier molecular flexibility index (Phi) is 5.47. The van der Waals surface area contributed by atoms with Crippen molar-refractivity contribution in [2.45, 2.75) is 19.4 Å². The first-order valence-corrected chi connectivity index (χ1v) is 7.82. The van der Waals surface area contributed by atoms with Gasteiger partial charge in [-0.1, -0.05) is 23.7 Å². The summed E-state index contributed by atoms with van der Waals surface area (Å²) < 4.78 is 6.37. The molecule has 0 spiro atoms. The van der Waals surface area contributed by atoms with Crippen molar-refractivity contribution in [1.82, 2.24) is 0 Å². The maximum absolute atomic E-state index is 10.8. The number of nitrogens with two attached hydrogens (primary N) is 1. The first-order chi connectivity index (χ1) is 10.1. The van der Waals surface area contributed by atoms with E-state index in [0.717, 1.165) is 15.6 Å². The zero-order valence-corrected chi connectivity index (χ0v) is 13.2. The molecular formula is C15H17ClN2O2S. The number of nitrogens with one attached hydrogen (secondary N) is 1. The summed E-state index contributed by atoms with van der Waals surface area (Å²) in [5.41, 5.74) is 7.10. The summed E-state index contributed by atoms with van der Waals surface area (Å²) in [6, 6.07) is 9.66. The number of para-hydroxylation sites is 2. The summed E-state index contributed by atoms with van der Waals surface area (Å²) in [6.45, 7) is 2.32. The number of halogens is 1. The number of primary amides is 1. The van der Waals surface area contributed by atoms with E-state index in [1.807, 2.05) is 35.7 Å². The van der Waals surface area contributed by atoms with Crippen molar-refractivity contribution in [3.8, 4) is 5.75 Å². The number of carbonyl (C=O) groups excluding carboxylic acids is 1. The van der Waals surface area contributed by atoms with Crippen LogP contribution in [0.5, 0.6) is 5.75 Å². The lowest BCUT2D eigenvalue weighted by Gasteiger charge is -2.17. The number of ether oxygens (including phenoxy) is 1. The van der Waals surface area contributed by atoms with Crippen molar-refractivity contribution >= 4 is 34.5 Å². The molecule has 1 aromatic carbocycles. The molecule has 6 heteroatoms. The number of hydrogen-bond acceptors (Lipinski definition) is 4. The Morgan fingerprint density at radius 2 is 2.24 bits per heavy atom. The highest BCUT2D eigenvalue weighted by Gasteiger charge is 2.10. The monoisotopic (exact) mass is 324 g/mol. The van der Waals surface area contributed by atoms with Crippen molar-refractivity contribution in [2.75, 3.05) is 11.9 Å². The largest absolute Gasteiger partial charge is 0.491 e. The molecule has 2 rings (SSSR count). The third-order valence-corrected chi connectivity index (χ3v) is 4.06. The standard InChI is InChI=1S/C15H17ClN2O2S/c1-10(11-8-14(16)21-9-11)18-12-4-2-3-5-13(12)20-7-6-15(17)19/h2-5,8-10,18H,6-7H2,1H3,(H2,17,19). The number of thiophene rings is 1. The molecule has 1 aromatic heterocycles. The summed E-state index contributed by atoms with van der Waals surface area (Å²) in [4.78, 5) is 10.8. The molecule has 0 aliphatic carbocycles. The van der Waals surface area contributed by atoms with Crippen LogP contribution in [0.2, 0.25) is 4.34 Å². The highest BCUT2D eigenvalue weighted by Crippen LogP contribution is 2.31. The lowest BCUT2D eigenvalue weighted by Crippen LogP contribution is -2.15. The van der Waals surface area contributed by atoms with Crippen LogP contribution in [0.4, 0.5) is 5.69 Å². The number of anilines is 1. The molecule has 1 heterocycles. The van der Waals surface area contributed by atoms with E-state index in [9.17, 15) is 4.79 Å². The zero-order valence-electron chi connectivity index (χ0n) is 11.6. The topological polar surface area (TPSA) is 64.3 Å². The summed E-state index contributed by atoms with van der Waals surface area (Å²) in [5.74, 6) is 0.327. The Balaban J connectivity index is 2.03. The Bertz CT molecular complexity index is 615. The van der Waals surface area contributed by atoms with Gasteiger partial charge in [-0.3, -0.25) is 4.79 Å². The molecule has 0 aliphatic heterocycles. The van der Waals surface area contributed by atoms with Gasteiger partial charge in [0.25, 0.3) is 0 Å². The highest BCUT2D eigenvalue weighted by atomic mass is 35.5. The minimum absolute atomic E-state index is 0.106. The van der Waals surface area contributed by atoms with Gasteiger partial charge >= 0.3 is 0 Å². The van der Waals surface area contributed by atoms with E-state index < -0.39 is 0 Å². The molecule has 1 unspecified atom stereocenters. The molecule has 0 bridgehead atoms. The third-order valence-electron chi connectivity index (χ3n) is 2.95. The molecule has 1 atom stereocenters. The zero-order chi connectivity index (χ0) is 15.2. The van der Waals surface area contributed by atoms with Crippen LogP contribution in [0.1, 0.15) is 24.9 Å². The number of carbonyl (C=O) groups is 1. The molecule has 3 N–H and O–H groups in total. The lowest BCUT2D eigenvalue weighted by molar-refractivity contribution is -0.118. The summed E-state index contributed by atoms with van der Waals surface area (Å²) in [7, 11) is 0. The second kappa shape index (κ2) is 7.33. The Hall–Kier alpha value is -1.72. The summed E-state index contributed by atoms with van der Waals surface area (Å²) in [6.07, 6.45) is 0.198. The van der Waals surface area contributed by atoms with Crippen molar-refractivity contribution in [2.24, 2.45) is 5.73 Å². The van der Waals surface area contributed by atoms with Crippen LogP contribution in [0.15, 0.2) is 35.7 Å². The number of amides is 1. The summed E-state index contributed by atoms with van der Waals surface area (Å²) >= 11 is 7.47. The summed E-state index contributed by atoms with van der Waals surface area (Å²) in [5, 5.41) is 5.41. The molecule has 0 saturated carbocycles. The molecule has 0 fully saturated rings. The van der Waals surface area contributed by atoms with E-state index in [-0.39, 0.29) is 25.0 Å². The Labute approximate surface area is 132 Å². The molecule has 0 saturated heterocycles. The van der Waals surface area contributed by atoms with Gasteiger partial charge in [0.1, 0.15) is 5.75 Å². The molecule has 1 amide bonds. The predicted molar refractivity (Wildman–Crippen MR) is 87.1 cm³/mol. The SMILES string of the molecule is CC(Nc1ccccc1OCCC(N)=O)c1csc(Cl)c1. The normalized spacial score (nSPS) is 11.9. The van der Waals surface area contributed by atoms with Crippen LogP contribution >= 0.6 is 22.9 Å². The fraction of sp³-hybridized carbons (Fsp3) is 0.267. The van der Waals surface area contributed by atoms with Gasteiger partial charge in [0.2, 0.25) is 5.91 Å². The van der Waals surface area contributed by atoms with Crippen molar-refractivity contribution < 1.29 is 9.53 Å². The van der Waals surface area contributed by atoms with Gasteiger partial charge in [0, 0.05) is 6.04 Å². The predicted octanol–water partition coefficient (Wildman–Crippen LogP) is 3.83. The molecule has 21 heavy (non-hydrogen) atoms. The van der Waals surface area contributed by atoms with Crippen molar-refractivity contribution in [3.63, 3.8) is 0 Å². The van der Waals surface area contributed by atoms with E-state index in [4.69, 9.17) is 22.1 Å². The van der Waals surface area contributed by atoms with E-state index in [2.05, 4.69) is 12.2 Å². The van der Waals surface area contributed by atoms with Crippen LogP contribution in [0, 0.1) is 0 Å². The lowest BCUT2D eigenvalue weighted by atomic mass is 10.1. The fourth-order valence-corrected chi connectivity index (χ4v) is 2.82. The molecule has 112 valence electrons. The maximum atomic E-state index is 10.8. The van der Waals surface area contributed by atoms with Crippen LogP contribution in [0.25, 0.3) is 0 Å². The van der Waals surface area contributed by atoms with E-state index in [1.54, 1.807) is 0 Å². The average Bonchev–Trinajstić information content (AvgIpc) is 2.87. The fourth-order valence-electron chi connectivity index (χ4n) is 1.84. The van der Waals surface area contributed by atoms with Crippen molar-refractivity contribution in [1.29, 1.82) is 0 Å². The van der Waals surface area contributed by atoms with Gasteiger partial charge in [0.15, 0.2) is 0 Å².